The summed E-state index contributed by atoms with van der Waals surface area (Å²) in [5, 5.41) is 12.9. The van der Waals surface area contributed by atoms with Gasteiger partial charge < -0.3 is 15.2 Å². The van der Waals surface area contributed by atoms with E-state index in [0.717, 1.165) is 37.9 Å². The van der Waals surface area contributed by atoms with E-state index in [2.05, 4.69) is 25.2 Å². The van der Waals surface area contributed by atoms with E-state index < -0.39 is 5.97 Å². The van der Waals surface area contributed by atoms with Gasteiger partial charge in [-0.05, 0) is 44.1 Å². The summed E-state index contributed by atoms with van der Waals surface area (Å²) in [4.78, 5) is 11.1. The SMILES string of the molecule is COc1ccccc1C(CC(C)C)NC1CCC(C(=O)O)CC1. The van der Waals surface area contributed by atoms with E-state index in [1.807, 2.05) is 18.2 Å². The second kappa shape index (κ2) is 8.34. The number of carboxylic acid groups (broad SMARTS) is 1. The lowest BCUT2D eigenvalue weighted by Crippen LogP contribution is -2.37. The molecule has 0 aliphatic heterocycles. The molecule has 0 bridgehead atoms. The standard InChI is InChI=1S/C19H29NO3/c1-13(2)12-17(16-6-4-5-7-18(16)23-3)20-15-10-8-14(9-11-15)19(21)22/h4-7,13-15,17,20H,8-12H2,1-3H3,(H,21,22). The molecule has 23 heavy (non-hydrogen) atoms. The third-order valence-corrected chi connectivity index (χ3v) is 4.73. The number of carbonyl (C=O) groups is 1. The van der Waals surface area contributed by atoms with E-state index in [1.54, 1.807) is 7.11 Å². The van der Waals surface area contributed by atoms with Gasteiger partial charge in [-0.25, -0.2) is 0 Å². The van der Waals surface area contributed by atoms with Gasteiger partial charge in [-0.15, -0.1) is 0 Å². The van der Waals surface area contributed by atoms with E-state index in [-0.39, 0.29) is 12.0 Å². The first-order valence-electron chi connectivity index (χ1n) is 8.63. The van der Waals surface area contributed by atoms with Gasteiger partial charge in [0.15, 0.2) is 0 Å². The molecule has 1 saturated carbocycles. The van der Waals surface area contributed by atoms with Crippen molar-refractivity contribution >= 4 is 5.97 Å². The van der Waals surface area contributed by atoms with Crippen LogP contribution in [0.3, 0.4) is 0 Å². The van der Waals surface area contributed by atoms with Crippen molar-refractivity contribution in [1.29, 1.82) is 0 Å². The molecule has 128 valence electrons. The number of carboxylic acids is 1. The van der Waals surface area contributed by atoms with Crippen LogP contribution in [-0.2, 0) is 4.79 Å². The molecule has 0 heterocycles. The third-order valence-electron chi connectivity index (χ3n) is 4.73. The van der Waals surface area contributed by atoms with Gasteiger partial charge in [0.25, 0.3) is 0 Å². The quantitative estimate of drug-likeness (QED) is 0.797. The van der Waals surface area contributed by atoms with Gasteiger partial charge >= 0.3 is 5.97 Å². The predicted molar refractivity (Wildman–Crippen MR) is 91.7 cm³/mol. The Morgan fingerprint density at radius 1 is 1.26 bits per heavy atom. The number of nitrogens with one attached hydrogen (secondary N) is 1. The monoisotopic (exact) mass is 319 g/mol. The highest BCUT2D eigenvalue weighted by atomic mass is 16.5. The summed E-state index contributed by atoms with van der Waals surface area (Å²) in [6, 6.07) is 8.81. The van der Waals surface area contributed by atoms with Crippen molar-refractivity contribution in [2.24, 2.45) is 11.8 Å². The van der Waals surface area contributed by atoms with Crippen molar-refractivity contribution in [2.75, 3.05) is 7.11 Å². The number of para-hydroxylation sites is 1. The minimum atomic E-state index is -0.646. The van der Waals surface area contributed by atoms with Gasteiger partial charge in [-0.3, -0.25) is 4.79 Å². The molecular weight excluding hydrogens is 290 g/mol. The maximum absolute atomic E-state index is 11.1. The summed E-state index contributed by atoms with van der Waals surface area (Å²) in [5.74, 6) is 0.687. The summed E-state index contributed by atoms with van der Waals surface area (Å²) in [6.45, 7) is 4.46. The Kier molecular flexibility index (Phi) is 6.46. The number of hydrogen-bond donors (Lipinski definition) is 2. The number of benzene rings is 1. The second-order valence-corrected chi connectivity index (χ2v) is 6.98. The van der Waals surface area contributed by atoms with Crippen LogP contribution in [0.25, 0.3) is 0 Å². The molecule has 4 nitrogen and oxygen atoms in total. The molecule has 1 aromatic carbocycles. The van der Waals surface area contributed by atoms with Gasteiger partial charge in [0.1, 0.15) is 5.75 Å². The van der Waals surface area contributed by atoms with Crippen molar-refractivity contribution in [3.63, 3.8) is 0 Å². The number of ether oxygens (including phenoxy) is 1. The molecule has 1 fully saturated rings. The third kappa shape index (κ3) is 4.96. The van der Waals surface area contributed by atoms with Gasteiger partial charge in [-0.1, -0.05) is 32.0 Å². The Balaban J connectivity index is 2.06. The lowest BCUT2D eigenvalue weighted by atomic mass is 9.85. The molecule has 1 atom stereocenters. The first-order valence-corrected chi connectivity index (χ1v) is 8.63. The molecule has 1 aliphatic rings. The molecule has 0 amide bonds. The summed E-state index contributed by atoms with van der Waals surface area (Å²) in [5.41, 5.74) is 1.20. The summed E-state index contributed by atoms with van der Waals surface area (Å²) < 4.78 is 5.53. The average molecular weight is 319 g/mol. The molecule has 0 aromatic heterocycles. The lowest BCUT2D eigenvalue weighted by Gasteiger charge is -2.32. The highest BCUT2D eigenvalue weighted by molar-refractivity contribution is 5.70. The minimum Gasteiger partial charge on any atom is -0.496 e. The number of rotatable bonds is 7. The maximum atomic E-state index is 11.1. The van der Waals surface area contributed by atoms with Crippen LogP contribution in [0.2, 0.25) is 0 Å². The van der Waals surface area contributed by atoms with Crippen LogP contribution in [0.4, 0.5) is 0 Å². The van der Waals surface area contributed by atoms with Crippen LogP contribution >= 0.6 is 0 Å². The largest absolute Gasteiger partial charge is 0.496 e. The lowest BCUT2D eigenvalue weighted by molar-refractivity contribution is -0.142. The fourth-order valence-corrected chi connectivity index (χ4v) is 3.50. The number of aliphatic carboxylic acids is 1. The van der Waals surface area contributed by atoms with Crippen LogP contribution in [0.1, 0.15) is 57.6 Å². The molecule has 2 rings (SSSR count). The van der Waals surface area contributed by atoms with Gasteiger partial charge in [0.05, 0.1) is 13.0 Å². The Hall–Kier alpha value is -1.55. The topological polar surface area (TPSA) is 58.6 Å². The van der Waals surface area contributed by atoms with Crippen molar-refractivity contribution < 1.29 is 14.6 Å². The fraction of sp³-hybridized carbons (Fsp3) is 0.632. The Morgan fingerprint density at radius 2 is 1.91 bits per heavy atom. The van der Waals surface area contributed by atoms with E-state index >= 15 is 0 Å². The highest BCUT2D eigenvalue weighted by Gasteiger charge is 2.28. The Bertz CT molecular complexity index is 507. The van der Waals surface area contributed by atoms with Crippen molar-refractivity contribution in [1.82, 2.24) is 5.32 Å². The summed E-state index contributed by atoms with van der Waals surface area (Å²) in [7, 11) is 1.71. The number of methoxy groups -OCH3 is 1. The van der Waals surface area contributed by atoms with Gasteiger partial charge in [0.2, 0.25) is 0 Å². The Labute approximate surface area is 139 Å². The maximum Gasteiger partial charge on any atom is 0.306 e. The fourth-order valence-electron chi connectivity index (χ4n) is 3.50. The van der Waals surface area contributed by atoms with Crippen LogP contribution < -0.4 is 10.1 Å². The normalized spacial score (nSPS) is 22.8. The zero-order valence-electron chi connectivity index (χ0n) is 14.4. The van der Waals surface area contributed by atoms with E-state index in [0.29, 0.717) is 12.0 Å². The van der Waals surface area contributed by atoms with E-state index in [1.165, 1.54) is 5.56 Å². The molecule has 4 heteroatoms. The van der Waals surface area contributed by atoms with Crippen LogP contribution in [0, 0.1) is 11.8 Å². The molecule has 0 spiro atoms. The minimum absolute atomic E-state index is 0.164. The molecule has 2 N–H and O–H groups in total. The summed E-state index contributed by atoms with van der Waals surface area (Å²) in [6.07, 6.45) is 4.45. The van der Waals surface area contributed by atoms with Crippen LogP contribution in [-0.4, -0.2) is 24.2 Å². The van der Waals surface area contributed by atoms with Gasteiger partial charge in [-0.2, -0.15) is 0 Å². The van der Waals surface area contributed by atoms with Gasteiger partial charge in [0, 0.05) is 17.6 Å². The molecule has 0 saturated heterocycles. The van der Waals surface area contributed by atoms with Crippen molar-refractivity contribution in [2.45, 2.75) is 58.0 Å². The Morgan fingerprint density at radius 3 is 2.48 bits per heavy atom. The zero-order chi connectivity index (χ0) is 16.8. The average Bonchev–Trinajstić information content (AvgIpc) is 2.54. The van der Waals surface area contributed by atoms with Crippen molar-refractivity contribution in [3.8, 4) is 5.75 Å². The highest BCUT2D eigenvalue weighted by Crippen LogP contribution is 2.32. The number of hydrogen-bond acceptors (Lipinski definition) is 3. The predicted octanol–water partition coefficient (Wildman–Crippen LogP) is 4.02. The van der Waals surface area contributed by atoms with E-state index in [9.17, 15) is 4.79 Å². The smallest absolute Gasteiger partial charge is 0.306 e. The molecular formula is C19H29NO3. The van der Waals surface area contributed by atoms with Crippen molar-refractivity contribution in [3.05, 3.63) is 29.8 Å². The van der Waals surface area contributed by atoms with E-state index in [4.69, 9.17) is 9.84 Å². The summed E-state index contributed by atoms with van der Waals surface area (Å²) >= 11 is 0. The van der Waals surface area contributed by atoms with Crippen LogP contribution in [0.15, 0.2) is 24.3 Å². The molecule has 1 aliphatic carbocycles. The zero-order valence-corrected chi connectivity index (χ0v) is 14.4. The first-order chi connectivity index (χ1) is 11.0. The second-order valence-electron chi connectivity index (χ2n) is 6.98. The molecule has 1 aromatic rings. The van der Waals surface area contributed by atoms with Crippen LogP contribution in [0.5, 0.6) is 5.75 Å². The molecule has 0 radical (unpaired) electrons. The first kappa shape index (κ1) is 17.8. The molecule has 1 unspecified atom stereocenters.